The summed E-state index contributed by atoms with van der Waals surface area (Å²) in [6.07, 6.45) is 0. The van der Waals surface area contributed by atoms with Crippen molar-refractivity contribution in [2.24, 2.45) is 0 Å². The van der Waals surface area contributed by atoms with Gasteiger partial charge in [0.05, 0.1) is 36.0 Å². The van der Waals surface area contributed by atoms with Gasteiger partial charge in [-0.05, 0) is 189 Å². The molecule has 0 aliphatic carbocycles. The minimum Gasteiger partial charge on any atom is -0.311 e. The molecule has 0 bridgehead atoms. The second-order valence-corrected chi connectivity index (χ2v) is 29.5. The summed E-state index contributed by atoms with van der Waals surface area (Å²) in [6, 6.07) is 67.9. The Morgan fingerprint density at radius 2 is 0.745 bits per heavy atom. The lowest BCUT2D eigenvalue weighted by molar-refractivity contribution is 0.568. The summed E-state index contributed by atoms with van der Waals surface area (Å²) >= 11 is 0. The van der Waals surface area contributed by atoms with Crippen molar-refractivity contribution in [1.29, 1.82) is 5.26 Å². The fourth-order valence-corrected chi connectivity index (χ4v) is 14.0. The van der Waals surface area contributed by atoms with Crippen LogP contribution in [0.5, 0.6) is 0 Å². The Labute approximate surface area is 570 Å². The average molecular weight is 1230 g/mol. The highest BCUT2D eigenvalue weighted by molar-refractivity contribution is 7.00. The smallest absolute Gasteiger partial charge is 0.252 e. The van der Waals surface area contributed by atoms with Crippen molar-refractivity contribution in [3.8, 4) is 67.4 Å². The molecule has 3 heterocycles. The Bertz CT molecular complexity index is 5670. The molecule has 0 radical (unpaired) electrons. The number of nitriles is 1. The quantitative estimate of drug-likeness (QED) is 0.142. The number of para-hydroxylation sites is 2. The predicted molar refractivity (Wildman–Crippen MR) is 401 cm³/mol. The van der Waals surface area contributed by atoms with Crippen molar-refractivity contribution in [2.75, 3.05) is 9.80 Å². The van der Waals surface area contributed by atoms with Gasteiger partial charge in [-0.15, -0.1) is 0 Å². The van der Waals surface area contributed by atoms with Crippen molar-refractivity contribution in [3.05, 3.63) is 288 Å². The van der Waals surface area contributed by atoms with Crippen LogP contribution in [0.4, 0.5) is 34.1 Å². The zero-order valence-electron chi connectivity index (χ0n) is 65.4. The molecule has 15 rings (SSSR count). The third-order valence-electron chi connectivity index (χ3n) is 19.1. The first-order chi connectivity index (χ1) is 49.2. The molecule has 458 valence electrons. The van der Waals surface area contributed by atoms with Gasteiger partial charge >= 0.3 is 0 Å². The van der Waals surface area contributed by atoms with Gasteiger partial charge in [0.2, 0.25) is 0 Å². The standard InChI is InChI=1S/C89H79BN4/c1-86(2,3)68-43-65(44-69(53-68)87(4,5)6)64-42-63(59-30-20-15-21-31-59)47-73(48-64)93-81-49-60(57-26-16-13-17-27-57)37-40-76(81)90-77-41-38-61(58-28-18-14-19-29-58)50-82(77)94(84-52-67(51-83(93)85(84)90)66-45-70(88(7,8)9)54-71(46-66)89(10,11)12)80-55-72(39-36-62(80)56-91)92-78-34-24-22-32-74(78)75-33-23-25-35-79(75)92/h13-55H,1-12H3/i13D,14D,16D,17D,18D,19D,26D,27D,28D,29D. The molecular weight excluding hydrogens is 1140 g/mol. The second-order valence-electron chi connectivity index (χ2n) is 29.5. The van der Waals surface area contributed by atoms with E-state index in [0.29, 0.717) is 39.4 Å². The van der Waals surface area contributed by atoms with Gasteiger partial charge in [-0.25, -0.2) is 0 Å². The molecule has 2 aliphatic rings. The van der Waals surface area contributed by atoms with Crippen LogP contribution in [0.25, 0.3) is 83.1 Å². The third-order valence-corrected chi connectivity index (χ3v) is 19.1. The zero-order chi connectivity index (χ0) is 73.9. The fourth-order valence-electron chi connectivity index (χ4n) is 14.0. The molecule has 5 heteroatoms. The van der Waals surface area contributed by atoms with Gasteiger partial charge in [-0.3, -0.25) is 0 Å². The zero-order valence-corrected chi connectivity index (χ0v) is 55.4. The molecule has 0 fully saturated rings. The lowest BCUT2D eigenvalue weighted by Crippen LogP contribution is -2.61. The van der Waals surface area contributed by atoms with Gasteiger partial charge in [0.15, 0.2) is 0 Å². The fraction of sp³-hybridized carbons (Fsp3) is 0.180. The van der Waals surface area contributed by atoms with E-state index in [9.17, 15) is 10.7 Å². The van der Waals surface area contributed by atoms with Crippen LogP contribution in [0.3, 0.4) is 0 Å². The lowest BCUT2D eigenvalue weighted by Gasteiger charge is -2.45. The van der Waals surface area contributed by atoms with Crippen LogP contribution >= 0.6 is 0 Å². The molecule has 94 heavy (non-hydrogen) atoms. The maximum absolute atomic E-state index is 11.8. The van der Waals surface area contributed by atoms with Gasteiger partial charge in [0, 0.05) is 44.9 Å². The number of nitrogens with zero attached hydrogens (tertiary/aromatic N) is 4. The van der Waals surface area contributed by atoms with Crippen LogP contribution < -0.4 is 26.2 Å². The number of hydrogen-bond donors (Lipinski definition) is 0. The largest absolute Gasteiger partial charge is 0.311 e. The number of benzene rings is 12. The van der Waals surface area contributed by atoms with E-state index in [4.69, 9.17) is 8.22 Å². The molecule has 0 amide bonds. The van der Waals surface area contributed by atoms with Crippen molar-refractivity contribution in [1.82, 2.24) is 4.57 Å². The number of anilines is 6. The number of rotatable bonds is 8. The van der Waals surface area contributed by atoms with Crippen LogP contribution in [0.1, 0.15) is 125 Å². The molecule has 1 aromatic heterocycles. The summed E-state index contributed by atoms with van der Waals surface area (Å²) in [4.78, 5) is 4.45. The van der Waals surface area contributed by atoms with E-state index in [-0.39, 0.29) is 57.0 Å². The van der Waals surface area contributed by atoms with Crippen LogP contribution in [-0.4, -0.2) is 11.3 Å². The first-order valence-corrected chi connectivity index (χ1v) is 32.5. The van der Waals surface area contributed by atoms with E-state index >= 15 is 0 Å². The number of aromatic nitrogens is 1. The molecule has 13 aromatic rings. The van der Waals surface area contributed by atoms with Crippen molar-refractivity contribution >= 4 is 79.0 Å². The SMILES string of the molecule is [2H]c1c([2H])c([2H])c(-c2ccc3c(c2)N(c2cc(-c4ccccc4)cc(-c4cc(C(C)(C)C)cc(C(C)(C)C)c4)c2)c2cc(-c4cc(C(C)(C)C)cc(C(C)(C)C)c4)cc4c2B3c2ccc(-c3c([2H])c([2H])c([2H])c([2H])c3[2H])cc2N4c2cc(-n3c4ccccc4c4ccccc43)ccc2C#N)c([2H])c1[2H]. The maximum atomic E-state index is 11.8. The number of hydrogen-bond acceptors (Lipinski definition) is 3. The van der Waals surface area contributed by atoms with Crippen molar-refractivity contribution in [2.45, 2.75) is 105 Å². The Hall–Kier alpha value is -10.4. The van der Waals surface area contributed by atoms with Crippen LogP contribution in [0.2, 0.25) is 0 Å². The van der Waals surface area contributed by atoms with E-state index in [1.807, 2.05) is 91.0 Å². The molecule has 2 aliphatic heterocycles. The molecule has 0 unspecified atom stereocenters. The van der Waals surface area contributed by atoms with Crippen LogP contribution in [-0.2, 0) is 21.7 Å². The van der Waals surface area contributed by atoms with E-state index in [2.05, 4.69) is 213 Å². The van der Waals surface area contributed by atoms with Crippen LogP contribution in [0.15, 0.2) is 261 Å². The first-order valence-electron chi connectivity index (χ1n) is 37.5. The van der Waals surface area contributed by atoms with Gasteiger partial charge in [-0.2, -0.15) is 5.26 Å². The van der Waals surface area contributed by atoms with E-state index < -0.39 is 43.0 Å². The topological polar surface area (TPSA) is 35.2 Å². The Balaban J connectivity index is 1.14. The van der Waals surface area contributed by atoms with Gasteiger partial charge in [0.25, 0.3) is 6.71 Å². The molecule has 0 saturated heterocycles. The third kappa shape index (κ3) is 10.5. The summed E-state index contributed by atoms with van der Waals surface area (Å²) in [6.45, 7) is 26.2. The summed E-state index contributed by atoms with van der Waals surface area (Å²) in [7, 11) is 0. The first kappa shape index (κ1) is 49.3. The monoisotopic (exact) mass is 1220 g/mol. The highest BCUT2D eigenvalue weighted by Gasteiger charge is 2.45. The molecular formula is C89H79BN4. The van der Waals surface area contributed by atoms with Crippen molar-refractivity contribution in [3.63, 3.8) is 0 Å². The molecule has 4 nitrogen and oxygen atoms in total. The summed E-state index contributed by atoms with van der Waals surface area (Å²) in [5.41, 5.74) is 19.6. The summed E-state index contributed by atoms with van der Waals surface area (Å²) < 4.78 is 93.8. The number of fused-ring (bicyclic) bond motifs is 7. The maximum Gasteiger partial charge on any atom is 0.252 e. The molecule has 12 aromatic carbocycles. The van der Waals surface area contributed by atoms with Gasteiger partial charge in [0.1, 0.15) is 6.07 Å². The Kier molecular flexibility index (Phi) is 11.8. The van der Waals surface area contributed by atoms with Crippen LogP contribution in [0, 0.1) is 11.3 Å². The van der Waals surface area contributed by atoms with E-state index in [0.717, 1.165) is 99.8 Å². The highest BCUT2D eigenvalue weighted by atomic mass is 15.2. The highest BCUT2D eigenvalue weighted by Crippen LogP contribution is 2.51. The molecule has 0 atom stereocenters. The van der Waals surface area contributed by atoms with Crippen molar-refractivity contribution < 1.29 is 13.7 Å². The Morgan fingerprint density at radius 1 is 0.330 bits per heavy atom. The molecule has 0 saturated carbocycles. The lowest BCUT2D eigenvalue weighted by atomic mass is 9.33. The normalized spacial score (nSPS) is 14.5. The average Bonchev–Trinajstić information content (AvgIpc) is 1.19. The summed E-state index contributed by atoms with van der Waals surface area (Å²) in [5, 5.41) is 14.0. The second kappa shape index (κ2) is 22.4. The molecule has 0 spiro atoms. The van der Waals surface area contributed by atoms with E-state index in [1.165, 1.54) is 11.1 Å². The minimum absolute atomic E-state index is 0.0162. The molecule has 0 N–H and O–H groups in total. The summed E-state index contributed by atoms with van der Waals surface area (Å²) in [5.74, 6) is 0. The predicted octanol–water partition coefficient (Wildman–Crippen LogP) is 22.3. The van der Waals surface area contributed by atoms with Gasteiger partial charge in [-0.1, -0.05) is 271 Å². The van der Waals surface area contributed by atoms with E-state index in [1.54, 1.807) is 0 Å². The van der Waals surface area contributed by atoms with Gasteiger partial charge < -0.3 is 14.4 Å². The Morgan fingerprint density at radius 3 is 1.22 bits per heavy atom. The minimum atomic E-state index is -0.651.